The highest BCUT2D eigenvalue weighted by molar-refractivity contribution is 5.75. The van der Waals surface area contributed by atoms with Gasteiger partial charge in [-0.2, -0.15) is 0 Å². The Kier molecular flexibility index (Phi) is 5.19. The lowest BCUT2D eigenvalue weighted by molar-refractivity contribution is -0.121. The average Bonchev–Trinajstić information content (AvgIpc) is 2.43. The fourth-order valence-electron chi connectivity index (χ4n) is 3.57. The first kappa shape index (κ1) is 14.8. The number of rotatable bonds is 4. The van der Waals surface area contributed by atoms with Crippen molar-refractivity contribution in [1.29, 1.82) is 0 Å². The molecule has 2 heterocycles. The molecule has 5 heteroatoms. The van der Waals surface area contributed by atoms with E-state index in [1.54, 1.807) is 0 Å². The zero-order chi connectivity index (χ0) is 13.8. The number of carbonyl (C=O) groups excluding carboxylic acids is 1. The van der Waals surface area contributed by atoms with Crippen molar-refractivity contribution in [3.63, 3.8) is 0 Å². The quantitative estimate of drug-likeness (QED) is 0.448. The standard InChI is InChI=1S/C14H28N4O/c1-11(6-7-14(19)16-15)18-10-13-5-3-4-8-17(13)9-12(18)2/h11-13H,3-10,15H2,1-2H3,(H,16,19). The van der Waals surface area contributed by atoms with Crippen molar-refractivity contribution >= 4 is 5.91 Å². The van der Waals surface area contributed by atoms with Crippen molar-refractivity contribution in [2.75, 3.05) is 19.6 Å². The Morgan fingerprint density at radius 3 is 2.95 bits per heavy atom. The van der Waals surface area contributed by atoms with Crippen LogP contribution in [0.2, 0.25) is 0 Å². The maximum Gasteiger partial charge on any atom is 0.233 e. The molecule has 3 atom stereocenters. The van der Waals surface area contributed by atoms with Gasteiger partial charge in [0.1, 0.15) is 0 Å². The van der Waals surface area contributed by atoms with Crippen molar-refractivity contribution in [2.24, 2.45) is 5.84 Å². The number of nitrogens with two attached hydrogens (primary N) is 1. The predicted molar refractivity (Wildman–Crippen MR) is 76.4 cm³/mol. The van der Waals surface area contributed by atoms with E-state index in [-0.39, 0.29) is 5.91 Å². The van der Waals surface area contributed by atoms with Gasteiger partial charge >= 0.3 is 0 Å². The summed E-state index contributed by atoms with van der Waals surface area (Å²) in [6, 6.07) is 1.78. The molecule has 2 aliphatic rings. The topological polar surface area (TPSA) is 61.6 Å². The molecule has 2 fully saturated rings. The number of piperidine rings is 1. The van der Waals surface area contributed by atoms with Crippen molar-refractivity contribution in [3.8, 4) is 0 Å². The summed E-state index contributed by atoms with van der Waals surface area (Å²) in [5, 5.41) is 0. The third kappa shape index (κ3) is 3.68. The molecule has 0 bridgehead atoms. The number of amides is 1. The molecule has 0 aliphatic carbocycles. The number of nitrogens with one attached hydrogen (secondary N) is 1. The Morgan fingerprint density at radius 2 is 2.21 bits per heavy atom. The summed E-state index contributed by atoms with van der Waals surface area (Å²) in [5.74, 6) is 5.07. The number of hydrogen-bond donors (Lipinski definition) is 2. The highest BCUT2D eigenvalue weighted by Crippen LogP contribution is 2.26. The summed E-state index contributed by atoms with van der Waals surface area (Å²) in [6.07, 6.45) is 5.47. The number of fused-ring (bicyclic) bond motifs is 1. The minimum Gasteiger partial charge on any atom is -0.298 e. The van der Waals surface area contributed by atoms with Crippen molar-refractivity contribution in [2.45, 2.75) is 64.1 Å². The van der Waals surface area contributed by atoms with E-state index in [1.165, 1.54) is 32.4 Å². The molecule has 110 valence electrons. The van der Waals surface area contributed by atoms with Gasteiger partial charge in [0.05, 0.1) is 0 Å². The van der Waals surface area contributed by atoms with Gasteiger partial charge in [-0.25, -0.2) is 5.84 Å². The van der Waals surface area contributed by atoms with Gasteiger partial charge in [-0.3, -0.25) is 20.0 Å². The third-order valence-corrected chi connectivity index (χ3v) is 4.75. The molecule has 2 aliphatic heterocycles. The number of hydrazine groups is 1. The summed E-state index contributed by atoms with van der Waals surface area (Å²) in [7, 11) is 0. The predicted octanol–water partition coefficient (Wildman–Crippen LogP) is 0.704. The van der Waals surface area contributed by atoms with E-state index in [2.05, 4.69) is 29.1 Å². The summed E-state index contributed by atoms with van der Waals surface area (Å²) < 4.78 is 0. The van der Waals surface area contributed by atoms with E-state index < -0.39 is 0 Å². The van der Waals surface area contributed by atoms with Gasteiger partial charge in [0, 0.05) is 37.6 Å². The Morgan fingerprint density at radius 1 is 1.42 bits per heavy atom. The van der Waals surface area contributed by atoms with Crippen molar-refractivity contribution in [3.05, 3.63) is 0 Å². The number of carbonyl (C=O) groups is 1. The fraction of sp³-hybridized carbons (Fsp3) is 0.929. The SMILES string of the molecule is CC(CCC(=O)NN)N1CC2CCCCN2CC1C. The smallest absolute Gasteiger partial charge is 0.233 e. The molecule has 5 nitrogen and oxygen atoms in total. The van der Waals surface area contributed by atoms with E-state index in [1.807, 2.05) is 0 Å². The maximum absolute atomic E-state index is 11.2. The van der Waals surface area contributed by atoms with E-state index in [0.29, 0.717) is 18.5 Å². The molecule has 19 heavy (non-hydrogen) atoms. The van der Waals surface area contributed by atoms with Gasteiger partial charge in [0.2, 0.25) is 5.91 Å². The van der Waals surface area contributed by atoms with Gasteiger partial charge in [-0.05, 0) is 39.7 Å². The second-order valence-corrected chi connectivity index (χ2v) is 6.15. The molecule has 3 unspecified atom stereocenters. The third-order valence-electron chi connectivity index (χ3n) is 4.75. The minimum atomic E-state index is -0.0594. The molecule has 2 rings (SSSR count). The van der Waals surface area contributed by atoms with Crippen LogP contribution < -0.4 is 11.3 Å². The Balaban J connectivity index is 1.86. The zero-order valence-corrected chi connectivity index (χ0v) is 12.3. The van der Waals surface area contributed by atoms with Crippen LogP contribution in [-0.2, 0) is 4.79 Å². The second-order valence-electron chi connectivity index (χ2n) is 6.15. The van der Waals surface area contributed by atoms with E-state index in [0.717, 1.165) is 19.0 Å². The summed E-state index contributed by atoms with van der Waals surface area (Å²) in [5.41, 5.74) is 2.21. The van der Waals surface area contributed by atoms with E-state index in [9.17, 15) is 4.79 Å². The lowest BCUT2D eigenvalue weighted by Crippen LogP contribution is -2.60. The molecule has 2 saturated heterocycles. The summed E-state index contributed by atoms with van der Waals surface area (Å²) >= 11 is 0. The van der Waals surface area contributed by atoms with Crippen LogP contribution in [0, 0.1) is 0 Å². The van der Waals surface area contributed by atoms with Gasteiger partial charge in [0.15, 0.2) is 0 Å². The van der Waals surface area contributed by atoms with Crippen LogP contribution in [0.15, 0.2) is 0 Å². The van der Waals surface area contributed by atoms with Crippen LogP contribution in [-0.4, -0.2) is 53.5 Å². The molecule has 0 aromatic heterocycles. The lowest BCUT2D eigenvalue weighted by Gasteiger charge is -2.49. The van der Waals surface area contributed by atoms with Crippen LogP contribution in [0.25, 0.3) is 0 Å². The van der Waals surface area contributed by atoms with Crippen molar-refractivity contribution < 1.29 is 4.79 Å². The zero-order valence-electron chi connectivity index (χ0n) is 12.3. The molecule has 0 aromatic carbocycles. The van der Waals surface area contributed by atoms with Gasteiger partial charge in [-0.15, -0.1) is 0 Å². The van der Waals surface area contributed by atoms with Crippen molar-refractivity contribution in [1.82, 2.24) is 15.2 Å². The molecule has 1 amide bonds. The molecular weight excluding hydrogens is 240 g/mol. The number of nitrogens with zero attached hydrogens (tertiary/aromatic N) is 2. The number of hydrogen-bond acceptors (Lipinski definition) is 4. The van der Waals surface area contributed by atoms with Gasteiger partial charge in [-0.1, -0.05) is 6.42 Å². The summed E-state index contributed by atoms with van der Waals surface area (Å²) in [6.45, 7) is 8.15. The Bertz CT molecular complexity index is 310. The lowest BCUT2D eigenvalue weighted by atomic mass is 9.95. The van der Waals surface area contributed by atoms with Crippen LogP contribution in [0.4, 0.5) is 0 Å². The highest BCUT2D eigenvalue weighted by atomic mass is 16.2. The molecular formula is C14H28N4O. The van der Waals surface area contributed by atoms with Gasteiger partial charge < -0.3 is 0 Å². The number of piperazine rings is 1. The Hall–Kier alpha value is -0.650. The van der Waals surface area contributed by atoms with E-state index >= 15 is 0 Å². The normalized spacial score (nSPS) is 30.7. The van der Waals surface area contributed by atoms with Crippen LogP contribution in [0.1, 0.15) is 46.0 Å². The maximum atomic E-state index is 11.2. The van der Waals surface area contributed by atoms with Crippen LogP contribution in [0.3, 0.4) is 0 Å². The van der Waals surface area contributed by atoms with Gasteiger partial charge in [0.25, 0.3) is 0 Å². The molecule has 0 saturated carbocycles. The fourth-order valence-corrected chi connectivity index (χ4v) is 3.57. The highest BCUT2D eigenvalue weighted by Gasteiger charge is 2.34. The average molecular weight is 268 g/mol. The minimum absolute atomic E-state index is 0.0594. The summed E-state index contributed by atoms with van der Waals surface area (Å²) in [4.78, 5) is 16.5. The van der Waals surface area contributed by atoms with Crippen LogP contribution in [0.5, 0.6) is 0 Å². The Labute approximate surface area is 116 Å². The first-order chi connectivity index (χ1) is 9.11. The van der Waals surface area contributed by atoms with E-state index in [4.69, 9.17) is 5.84 Å². The molecule has 0 spiro atoms. The molecule has 0 aromatic rings. The molecule has 0 radical (unpaired) electrons. The largest absolute Gasteiger partial charge is 0.298 e. The second kappa shape index (κ2) is 6.68. The van der Waals surface area contributed by atoms with Crippen LogP contribution >= 0.6 is 0 Å². The molecule has 3 N–H and O–H groups in total. The monoisotopic (exact) mass is 268 g/mol. The first-order valence-electron chi connectivity index (χ1n) is 7.61. The first-order valence-corrected chi connectivity index (χ1v) is 7.61.